The van der Waals surface area contributed by atoms with E-state index >= 15 is 0 Å². The summed E-state index contributed by atoms with van der Waals surface area (Å²) < 4.78 is 22.4. The molecule has 3 N–H and O–H groups in total. The monoisotopic (exact) mass is 380 g/mol. The van der Waals surface area contributed by atoms with Crippen LogP contribution in [-0.2, 0) is 18.9 Å². The third-order valence-corrected chi connectivity index (χ3v) is 4.75. The minimum absolute atomic E-state index is 0.0574. The molecule has 0 fully saturated rings. The van der Waals surface area contributed by atoms with E-state index in [0.29, 0.717) is 26.2 Å². The molecular weight excluding hydrogens is 340 g/mol. The first-order valence-electron chi connectivity index (χ1n) is 9.68. The normalized spacial score (nSPS) is 17.7. The molecular formula is C19H40O7. The molecule has 0 aromatic carbocycles. The van der Waals surface area contributed by atoms with E-state index in [4.69, 9.17) is 29.2 Å². The van der Waals surface area contributed by atoms with Gasteiger partial charge in [0.2, 0.25) is 0 Å². The second kappa shape index (κ2) is 14.7. The molecule has 158 valence electrons. The second-order valence-corrected chi connectivity index (χ2v) is 7.05. The van der Waals surface area contributed by atoms with Crippen LogP contribution in [0, 0.1) is 0 Å². The molecule has 7 heteroatoms. The largest absolute Gasteiger partial charge is 0.396 e. The number of aliphatic hydroxyl groups is 3. The lowest BCUT2D eigenvalue weighted by Crippen LogP contribution is -2.35. The van der Waals surface area contributed by atoms with E-state index in [1.165, 1.54) is 0 Å². The summed E-state index contributed by atoms with van der Waals surface area (Å²) in [5, 5.41) is 27.4. The maximum Gasteiger partial charge on any atom is 0.101 e. The first-order chi connectivity index (χ1) is 12.3. The Morgan fingerprint density at radius 1 is 0.731 bits per heavy atom. The smallest absolute Gasteiger partial charge is 0.101 e. The Labute approximate surface area is 158 Å². The molecule has 0 radical (unpaired) electrons. The van der Waals surface area contributed by atoms with Crippen LogP contribution < -0.4 is 0 Å². The quantitative estimate of drug-likeness (QED) is 0.310. The van der Waals surface area contributed by atoms with Gasteiger partial charge in [-0.1, -0.05) is 13.8 Å². The van der Waals surface area contributed by atoms with Gasteiger partial charge in [-0.15, -0.1) is 0 Å². The molecule has 0 spiro atoms. The van der Waals surface area contributed by atoms with Crippen molar-refractivity contribution in [1.82, 2.24) is 0 Å². The maximum absolute atomic E-state index is 9.63. The van der Waals surface area contributed by atoms with E-state index < -0.39 is 6.10 Å². The van der Waals surface area contributed by atoms with Gasteiger partial charge in [-0.25, -0.2) is 0 Å². The molecule has 26 heavy (non-hydrogen) atoms. The number of rotatable bonds is 18. The summed E-state index contributed by atoms with van der Waals surface area (Å²) in [6, 6.07) is 0. The highest BCUT2D eigenvalue weighted by Gasteiger charge is 2.26. The van der Waals surface area contributed by atoms with Crippen molar-refractivity contribution in [3.8, 4) is 0 Å². The molecule has 0 aromatic rings. The molecule has 0 aliphatic rings. The van der Waals surface area contributed by atoms with Crippen LogP contribution >= 0.6 is 0 Å². The predicted octanol–water partition coefficient (Wildman–Crippen LogP) is 1.52. The van der Waals surface area contributed by atoms with Gasteiger partial charge < -0.3 is 34.3 Å². The molecule has 0 bridgehead atoms. The summed E-state index contributed by atoms with van der Waals surface area (Å²) in [5.74, 6) is 0. The van der Waals surface area contributed by atoms with Crippen molar-refractivity contribution in [2.75, 3.05) is 52.9 Å². The van der Waals surface area contributed by atoms with Gasteiger partial charge >= 0.3 is 0 Å². The second-order valence-electron chi connectivity index (χ2n) is 7.05. The highest BCUT2D eigenvalue weighted by Crippen LogP contribution is 2.24. The fourth-order valence-corrected chi connectivity index (χ4v) is 2.35. The summed E-state index contributed by atoms with van der Waals surface area (Å²) in [6.07, 6.45) is 2.41. The number of hydrogen-bond donors (Lipinski definition) is 3. The van der Waals surface area contributed by atoms with Gasteiger partial charge in [0.15, 0.2) is 0 Å². The fraction of sp³-hybridized carbons (Fsp3) is 1.00. The third-order valence-electron chi connectivity index (χ3n) is 4.75. The topological polar surface area (TPSA) is 97.6 Å². The number of aliphatic hydroxyl groups excluding tert-OH is 3. The molecule has 7 nitrogen and oxygen atoms in total. The van der Waals surface area contributed by atoms with Crippen LogP contribution in [0.4, 0.5) is 0 Å². The standard InChI is InChI=1S/C19H40O7/c1-5-18(3,7-9-20)25-11-8-19(4,6-2)26-14-13-24-16-17(22)15-23-12-10-21/h17,20-22H,5-16H2,1-4H3. The van der Waals surface area contributed by atoms with Crippen molar-refractivity contribution in [3.63, 3.8) is 0 Å². The van der Waals surface area contributed by atoms with Crippen LogP contribution in [0.5, 0.6) is 0 Å². The maximum atomic E-state index is 9.63. The van der Waals surface area contributed by atoms with Crippen molar-refractivity contribution in [2.24, 2.45) is 0 Å². The SMILES string of the molecule is CCC(C)(CCO)OCCC(C)(CC)OCCOCC(O)COCCO. The molecule has 0 saturated heterocycles. The summed E-state index contributed by atoms with van der Waals surface area (Å²) in [6.45, 7) is 10.2. The molecule has 0 amide bonds. The van der Waals surface area contributed by atoms with Crippen LogP contribution in [-0.4, -0.2) is 85.5 Å². The molecule has 0 aliphatic heterocycles. The van der Waals surface area contributed by atoms with Gasteiger partial charge in [-0.3, -0.25) is 0 Å². The number of ether oxygens (including phenoxy) is 4. The predicted molar refractivity (Wildman–Crippen MR) is 100 cm³/mol. The first kappa shape index (κ1) is 25.7. The lowest BCUT2D eigenvalue weighted by molar-refractivity contribution is -0.106. The van der Waals surface area contributed by atoms with Crippen molar-refractivity contribution in [3.05, 3.63) is 0 Å². The summed E-state index contributed by atoms with van der Waals surface area (Å²) in [5.41, 5.74) is -0.583. The summed E-state index contributed by atoms with van der Waals surface area (Å²) >= 11 is 0. The van der Waals surface area contributed by atoms with Gasteiger partial charge in [0, 0.05) is 6.61 Å². The van der Waals surface area contributed by atoms with Crippen LogP contribution in [0.3, 0.4) is 0 Å². The van der Waals surface area contributed by atoms with E-state index in [0.717, 1.165) is 19.3 Å². The van der Waals surface area contributed by atoms with Crippen molar-refractivity contribution >= 4 is 0 Å². The minimum Gasteiger partial charge on any atom is -0.396 e. The Hall–Kier alpha value is -0.280. The van der Waals surface area contributed by atoms with Gasteiger partial charge in [0.05, 0.1) is 57.5 Å². The molecule has 0 aliphatic carbocycles. The average Bonchev–Trinajstić information content (AvgIpc) is 2.62. The summed E-state index contributed by atoms with van der Waals surface area (Å²) in [4.78, 5) is 0. The zero-order valence-corrected chi connectivity index (χ0v) is 17.0. The van der Waals surface area contributed by atoms with Gasteiger partial charge in [0.25, 0.3) is 0 Å². The Morgan fingerprint density at radius 2 is 1.27 bits per heavy atom. The van der Waals surface area contributed by atoms with Crippen molar-refractivity contribution in [2.45, 2.75) is 70.7 Å². The molecule has 3 unspecified atom stereocenters. The van der Waals surface area contributed by atoms with Crippen LogP contribution in [0.15, 0.2) is 0 Å². The molecule has 3 atom stereocenters. The Balaban J connectivity index is 3.97. The average molecular weight is 381 g/mol. The summed E-state index contributed by atoms with van der Waals surface area (Å²) in [7, 11) is 0. The lowest BCUT2D eigenvalue weighted by atomic mass is 9.97. The van der Waals surface area contributed by atoms with Gasteiger partial charge in [-0.2, -0.15) is 0 Å². The fourth-order valence-electron chi connectivity index (χ4n) is 2.35. The first-order valence-corrected chi connectivity index (χ1v) is 9.68. The zero-order valence-electron chi connectivity index (χ0n) is 17.0. The van der Waals surface area contributed by atoms with Gasteiger partial charge in [-0.05, 0) is 39.5 Å². The lowest BCUT2D eigenvalue weighted by Gasteiger charge is -2.33. The van der Waals surface area contributed by atoms with Gasteiger partial charge in [0.1, 0.15) is 6.10 Å². The van der Waals surface area contributed by atoms with E-state index in [9.17, 15) is 5.11 Å². The van der Waals surface area contributed by atoms with E-state index in [1.807, 2.05) is 6.92 Å². The van der Waals surface area contributed by atoms with E-state index in [2.05, 4.69) is 20.8 Å². The zero-order chi connectivity index (χ0) is 19.9. The van der Waals surface area contributed by atoms with Crippen LogP contribution in [0.25, 0.3) is 0 Å². The van der Waals surface area contributed by atoms with Crippen molar-refractivity contribution in [1.29, 1.82) is 0 Å². The Morgan fingerprint density at radius 3 is 1.81 bits per heavy atom. The van der Waals surface area contributed by atoms with Crippen LogP contribution in [0.1, 0.15) is 53.4 Å². The third kappa shape index (κ3) is 12.2. The highest BCUT2D eigenvalue weighted by molar-refractivity contribution is 4.77. The van der Waals surface area contributed by atoms with E-state index in [-0.39, 0.29) is 44.2 Å². The minimum atomic E-state index is -0.703. The van der Waals surface area contributed by atoms with Crippen molar-refractivity contribution < 1.29 is 34.3 Å². The molecule has 0 aromatic heterocycles. The Bertz CT molecular complexity index is 329. The highest BCUT2D eigenvalue weighted by atomic mass is 16.5. The Kier molecular flexibility index (Phi) is 14.6. The van der Waals surface area contributed by atoms with E-state index in [1.54, 1.807) is 0 Å². The molecule has 0 saturated carbocycles. The number of hydrogen-bond acceptors (Lipinski definition) is 7. The molecule has 0 rings (SSSR count). The molecule has 0 heterocycles. The van der Waals surface area contributed by atoms with Crippen LogP contribution in [0.2, 0.25) is 0 Å².